The van der Waals surface area contributed by atoms with E-state index in [9.17, 15) is 14.4 Å². The number of benzene rings is 1. The number of hydrogen-bond donors (Lipinski definition) is 1. The summed E-state index contributed by atoms with van der Waals surface area (Å²) in [5.74, 6) is -0.390. The van der Waals surface area contributed by atoms with Gasteiger partial charge in [-0.1, -0.05) is 58.0 Å². The topological polar surface area (TPSA) is 133 Å². The van der Waals surface area contributed by atoms with Crippen molar-refractivity contribution in [2.45, 2.75) is 72.7 Å². The van der Waals surface area contributed by atoms with Crippen molar-refractivity contribution in [2.75, 3.05) is 0 Å². The van der Waals surface area contributed by atoms with Crippen molar-refractivity contribution in [2.24, 2.45) is 17.6 Å². The summed E-state index contributed by atoms with van der Waals surface area (Å²) >= 11 is 0. The maximum Gasteiger partial charge on any atom is 0.411 e. The number of primary amides is 1. The average molecular weight is 459 g/mol. The maximum absolute atomic E-state index is 13.4. The molecule has 0 spiro atoms. The second-order valence-electron chi connectivity index (χ2n) is 8.99. The number of hydrogen-bond acceptors (Lipinski definition) is 7. The van der Waals surface area contributed by atoms with Gasteiger partial charge >= 0.3 is 6.09 Å². The predicted octanol–water partition coefficient (Wildman–Crippen LogP) is 2.50. The number of tetrazole rings is 1. The third-order valence-corrected chi connectivity index (χ3v) is 5.19. The smallest absolute Gasteiger partial charge is 0.411 e. The van der Waals surface area contributed by atoms with Gasteiger partial charge in [0.05, 0.1) is 6.04 Å². The highest BCUT2D eigenvalue weighted by atomic mass is 16.6. The Kier molecular flexibility index (Phi) is 9.50. The van der Waals surface area contributed by atoms with Crippen LogP contribution in [0.5, 0.6) is 0 Å². The molecule has 10 nitrogen and oxygen atoms in total. The van der Waals surface area contributed by atoms with E-state index in [0.29, 0.717) is 18.7 Å². The molecule has 2 rings (SSSR count). The van der Waals surface area contributed by atoms with E-state index in [1.807, 2.05) is 58.0 Å². The van der Waals surface area contributed by atoms with Crippen molar-refractivity contribution >= 4 is 17.8 Å². The lowest BCUT2D eigenvalue weighted by Gasteiger charge is -2.36. The van der Waals surface area contributed by atoms with E-state index in [2.05, 4.69) is 15.5 Å². The molecule has 1 aromatic carbocycles. The number of Topliss-reactive ketones (excluding diaryl/α,β-unsaturated/α-hetero) is 1. The number of ether oxygens (including phenoxy) is 1. The van der Waals surface area contributed by atoms with Crippen LogP contribution in [0, 0.1) is 18.8 Å². The molecule has 2 amide bonds. The first-order valence-electron chi connectivity index (χ1n) is 11.1. The molecule has 1 heterocycles. The summed E-state index contributed by atoms with van der Waals surface area (Å²) in [4.78, 5) is 40.4. The van der Waals surface area contributed by atoms with Gasteiger partial charge in [-0.05, 0) is 47.6 Å². The number of nitrogens with two attached hydrogens (primary N) is 1. The first-order chi connectivity index (χ1) is 15.6. The number of nitrogens with zero attached hydrogens (tertiary/aromatic N) is 5. The fraction of sp³-hybridized carbons (Fsp3) is 0.565. The number of amides is 2. The van der Waals surface area contributed by atoms with Crippen LogP contribution in [0.3, 0.4) is 0 Å². The molecule has 180 valence electrons. The highest BCUT2D eigenvalue weighted by Gasteiger charge is 2.39. The minimum Gasteiger partial charge on any atom is -0.445 e. The molecule has 0 aliphatic carbocycles. The second kappa shape index (κ2) is 12.1. The number of aromatic nitrogens is 4. The lowest BCUT2D eigenvalue weighted by Crippen LogP contribution is -2.56. The van der Waals surface area contributed by atoms with Gasteiger partial charge in [-0.15, -0.1) is 5.10 Å². The molecule has 2 aromatic rings. The second-order valence-corrected chi connectivity index (χ2v) is 8.99. The van der Waals surface area contributed by atoms with Crippen LogP contribution in [0.15, 0.2) is 30.3 Å². The van der Waals surface area contributed by atoms with E-state index in [1.54, 1.807) is 6.92 Å². The van der Waals surface area contributed by atoms with Gasteiger partial charge < -0.3 is 10.5 Å². The van der Waals surface area contributed by atoms with Crippen LogP contribution in [0.2, 0.25) is 0 Å². The molecule has 0 radical (unpaired) electrons. The highest BCUT2D eigenvalue weighted by Crippen LogP contribution is 2.22. The monoisotopic (exact) mass is 458 g/mol. The molecule has 2 N–H and O–H groups in total. The Morgan fingerprint density at radius 3 is 2.15 bits per heavy atom. The quantitative estimate of drug-likeness (QED) is 0.516. The Balaban J connectivity index is 2.39. The summed E-state index contributed by atoms with van der Waals surface area (Å²) in [6, 6.07) is 7.28. The van der Waals surface area contributed by atoms with Crippen LogP contribution in [0.4, 0.5) is 4.79 Å². The van der Waals surface area contributed by atoms with E-state index in [-0.39, 0.29) is 30.8 Å². The van der Waals surface area contributed by atoms with Gasteiger partial charge in [0.2, 0.25) is 5.91 Å². The minimum atomic E-state index is -0.990. The predicted molar refractivity (Wildman–Crippen MR) is 122 cm³/mol. The van der Waals surface area contributed by atoms with Crippen molar-refractivity contribution in [3.8, 4) is 0 Å². The third-order valence-electron chi connectivity index (χ3n) is 5.19. The Morgan fingerprint density at radius 1 is 1.03 bits per heavy atom. The highest BCUT2D eigenvalue weighted by molar-refractivity contribution is 5.91. The Hall–Kier alpha value is -3.30. The van der Waals surface area contributed by atoms with Crippen LogP contribution in [-0.4, -0.2) is 55.0 Å². The van der Waals surface area contributed by atoms with E-state index < -0.39 is 24.1 Å². The van der Waals surface area contributed by atoms with Crippen molar-refractivity contribution in [1.82, 2.24) is 25.1 Å². The van der Waals surface area contributed by atoms with Crippen molar-refractivity contribution in [3.05, 3.63) is 41.7 Å². The lowest BCUT2D eigenvalue weighted by molar-refractivity contribution is -0.130. The number of carbonyl (C=O) groups excluding carboxylic acids is 3. The maximum atomic E-state index is 13.4. The molecule has 33 heavy (non-hydrogen) atoms. The first-order valence-corrected chi connectivity index (χ1v) is 11.1. The van der Waals surface area contributed by atoms with Gasteiger partial charge in [0.15, 0.2) is 5.78 Å². The van der Waals surface area contributed by atoms with Gasteiger partial charge in [0.25, 0.3) is 0 Å². The average Bonchev–Trinajstić information content (AvgIpc) is 3.15. The Bertz CT molecular complexity index is 928. The SMILES string of the molecule is Cc1nnnn1CC(=O)C(CC(C)C)N(C(=O)OCc1ccccc1)[C@@H](CC(C)C)C(N)=O. The van der Waals surface area contributed by atoms with Gasteiger partial charge in [-0.25, -0.2) is 9.48 Å². The third kappa shape index (κ3) is 7.65. The van der Waals surface area contributed by atoms with Crippen LogP contribution >= 0.6 is 0 Å². The zero-order chi connectivity index (χ0) is 24.5. The molecule has 0 saturated carbocycles. The molecule has 0 aliphatic rings. The zero-order valence-electron chi connectivity index (χ0n) is 20.0. The molecule has 1 aromatic heterocycles. The number of ketones is 1. The minimum absolute atomic E-state index is 0.0119. The van der Waals surface area contributed by atoms with Gasteiger partial charge in [0.1, 0.15) is 25.0 Å². The molecule has 2 atom stereocenters. The van der Waals surface area contributed by atoms with E-state index >= 15 is 0 Å². The standard InChI is InChI=1S/C23H34N6O4/c1-15(2)11-19(21(30)13-28-17(5)25-26-27-28)29(20(22(24)31)12-16(3)4)23(32)33-14-18-9-7-6-8-10-18/h6-10,15-16,19-20H,11-14H2,1-5H3,(H2,24,31)/t19?,20-/m0/s1. The zero-order valence-corrected chi connectivity index (χ0v) is 20.0. The summed E-state index contributed by atoms with van der Waals surface area (Å²) in [6.07, 6.45) is -0.111. The molecule has 0 aliphatic heterocycles. The largest absolute Gasteiger partial charge is 0.445 e. The number of carbonyl (C=O) groups is 3. The Labute approximate surface area is 194 Å². The molecule has 1 unspecified atom stereocenters. The van der Waals surface area contributed by atoms with Crippen molar-refractivity contribution < 1.29 is 19.1 Å². The Morgan fingerprint density at radius 2 is 1.64 bits per heavy atom. The lowest BCUT2D eigenvalue weighted by atomic mass is 9.94. The fourth-order valence-electron chi connectivity index (χ4n) is 3.57. The molecule has 0 saturated heterocycles. The number of aryl methyl sites for hydroxylation is 1. The summed E-state index contributed by atoms with van der Waals surface area (Å²) in [5, 5.41) is 11.2. The van der Waals surface area contributed by atoms with E-state index in [1.165, 1.54) is 9.58 Å². The van der Waals surface area contributed by atoms with E-state index in [4.69, 9.17) is 10.5 Å². The van der Waals surface area contributed by atoms with E-state index in [0.717, 1.165) is 5.56 Å². The van der Waals surface area contributed by atoms with Crippen LogP contribution < -0.4 is 5.73 Å². The van der Waals surface area contributed by atoms with Crippen molar-refractivity contribution in [1.29, 1.82) is 0 Å². The number of rotatable bonds is 12. The van der Waals surface area contributed by atoms with Crippen molar-refractivity contribution in [3.63, 3.8) is 0 Å². The molecular weight excluding hydrogens is 424 g/mol. The normalized spacial score (nSPS) is 13.1. The summed E-state index contributed by atoms with van der Waals surface area (Å²) in [7, 11) is 0. The molecule has 0 bridgehead atoms. The van der Waals surface area contributed by atoms with Crippen LogP contribution in [0.1, 0.15) is 51.9 Å². The van der Waals surface area contributed by atoms with Gasteiger partial charge in [-0.3, -0.25) is 14.5 Å². The van der Waals surface area contributed by atoms with Crippen LogP contribution in [0.25, 0.3) is 0 Å². The fourth-order valence-corrected chi connectivity index (χ4v) is 3.57. The summed E-state index contributed by atoms with van der Waals surface area (Å²) in [6.45, 7) is 9.29. The molecule has 10 heteroatoms. The van der Waals surface area contributed by atoms with Crippen LogP contribution in [-0.2, 0) is 27.5 Å². The first kappa shape index (κ1) is 26.0. The molecular formula is C23H34N6O4. The van der Waals surface area contributed by atoms with Gasteiger partial charge in [-0.2, -0.15) is 0 Å². The molecule has 0 fully saturated rings. The summed E-state index contributed by atoms with van der Waals surface area (Å²) < 4.78 is 6.92. The summed E-state index contributed by atoms with van der Waals surface area (Å²) in [5.41, 5.74) is 6.52. The van der Waals surface area contributed by atoms with Gasteiger partial charge in [0, 0.05) is 0 Å².